The van der Waals surface area contributed by atoms with Crippen molar-refractivity contribution in [3.8, 4) is 0 Å². The smallest absolute Gasteiger partial charge is 0.379 e. The quantitative estimate of drug-likeness (QED) is 0.235. The number of nitrogens with one attached hydrogen (secondary N) is 2. The molecule has 1 saturated carbocycles. The van der Waals surface area contributed by atoms with Crippen LogP contribution in [0, 0.1) is 0 Å². The SMILES string of the molecule is CCOC1CCC(c2ccc(Nc3nc(Nc4ccc(C[PH](=O)O)cc4)ncc3C(F)(F)F)c3c2CN(C)C3=O)CC1. The van der Waals surface area contributed by atoms with Crippen LogP contribution in [0.4, 0.5) is 36.3 Å². The number of anilines is 4. The van der Waals surface area contributed by atoms with Gasteiger partial charge in [-0.25, -0.2) is 4.98 Å². The molecule has 224 valence electrons. The maximum atomic E-state index is 14.0. The molecule has 2 heterocycles. The van der Waals surface area contributed by atoms with Crippen molar-refractivity contribution < 1.29 is 32.2 Å². The van der Waals surface area contributed by atoms with E-state index in [0.29, 0.717) is 36.2 Å². The number of alkyl halides is 3. The highest BCUT2D eigenvalue weighted by Crippen LogP contribution is 2.42. The van der Waals surface area contributed by atoms with E-state index in [-0.39, 0.29) is 35.7 Å². The second-order valence-electron chi connectivity index (χ2n) is 10.6. The Bertz CT molecular complexity index is 1480. The molecule has 3 N–H and O–H groups in total. The summed E-state index contributed by atoms with van der Waals surface area (Å²) in [5.41, 5.74) is 2.58. The van der Waals surface area contributed by atoms with Crippen LogP contribution < -0.4 is 10.6 Å². The molecule has 5 rings (SSSR count). The zero-order chi connectivity index (χ0) is 30.0. The van der Waals surface area contributed by atoms with Crippen molar-refractivity contribution >= 4 is 37.1 Å². The Balaban J connectivity index is 1.45. The van der Waals surface area contributed by atoms with Gasteiger partial charge in [-0.05, 0) is 73.4 Å². The number of nitrogens with zero attached hydrogens (tertiary/aromatic N) is 3. The van der Waals surface area contributed by atoms with Crippen molar-refractivity contribution in [1.29, 1.82) is 0 Å². The molecular formula is C29H33F3N5O4P. The van der Waals surface area contributed by atoms with E-state index in [1.807, 2.05) is 13.0 Å². The minimum absolute atomic E-state index is 0.0291. The monoisotopic (exact) mass is 603 g/mol. The summed E-state index contributed by atoms with van der Waals surface area (Å²) in [7, 11) is -0.998. The van der Waals surface area contributed by atoms with Gasteiger partial charge in [0, 0.05) is 38.2 Å². The predicted molar refractivity (Wildman–Crippen MR) is 154 cm³/mol. The van der Waals surface area contributed by atoms with E-state index in [0.717, 1.165) is 36.8 Å². The number of ether oxygens (including phenoxy) is 1. The van der Waals surface area contributed by atoms with Crippen molar-refractivity contribution in [3.05, 3.63) is 70.4 Å². The number of carbonyl (C=O) groups is 1. The average molecular weight is 604 g/mol. The van der Waals surface area contributed by atoms with Gasteiger partial charge in [-0.2, -0.15) is 18.2 Å². The number of carbonyl (C=O) groups excluding carboxylic acids is 1. The molecular weight excluding hydrogens is 570 g/mol. The molecule has 1 aliphatic heterocycles. The number of benzene rings is 2. The fraction of sp³-hybridized carbons (Fsp3) is 0.414. The van der Waals surface area contributed by atoms with Crippen molar-refractivity contribution in [3.63, 3.8) is 0 Å². The van der Waals surface area contributed by atoms with E-state index in [1.54, 1.807) is 42.3 Å². The van der Waals surface area contributed by atoms with Gasteiger partial charge in [0.15, 0.2) is 8.03 Å². The molecule has 9 nitrogen and oxygen atoms in total. The van der Waals surface area contributed by atoms with Crippen LogP contribution in [0.15, 0.2) is 42.6 Å². The lowest BCUT2D eigenvalue weighted by atomic mass is 9.80. The Hall–Kier alpha value is -3.47. The number of halogens is 3. The molecule has 1 fully saturated rings. The van der Waals surface area contributed by atoms with E-state index < -0.39 is 25.6 Å². The van der Waals surface area contributed by atoms with Gasteiger partial charge in [0.25, 0.3) is 5.91 Å². The summed E-state index contributed by atoms with van der Waals surface area (Å²) in [6.45, 7) is 3.04. The summed E-state index contributed by atoms with van der Waals surface area (Å²) in [5.74, 6) is -0.583. The van der Waals surface area contributed by atoms with E-state index in [4.69, 9.17) is 9.63 Å². The maximum Gasteiger partial charge on any atom is 0.421 e. The highest BCUT2D eigenvalue weighted by atomic mass is 31.1. The zero-order valence-corrected chi connectivity index (χ0v) is 24.3. The molecule has 0 spiro atoms. The lowest BCUT2D eigenvalue weighted by Gasteiger charge is -2.30. The Morgan fingerprint density at radius 1 is 1.10 bits per heavy atom. The van der Waals surface area contributed by atoms with E-state index >= 15 is 0 Å². The molecule has 13 heteroatoms. The van der Waals surface area contributed by atoms with E-state index in [1.165, 1.54) is 0 Å². The third kappa shape index (κ3) is 6.61. The molecule has 2 aliphatic rings. The van der Waals surface area contributed by atoms with Crippen molar-refractivity contribution in [2.24, 2.45) is 0 Å². The van der Waals surface area contributed by atoms with Gasteiger partial charge in [-0.15, -0.1) is 0 Å². The first-order valence-electron chi connectivity index (χ1n) is 13.8. The number of hydrogen-bond donors (Lipinski definition) is 3. The van der Waals surface area contributed by atoms with Crippen molar-refractivity contribution in [2.45, 2.75) is 63.5 Å². The Labute approximate surface area is 242 Å². The molecule has 1 unspecified atom stereocenters. The highest BCUT2D eigenvalue weighted by Gasteiger charge is 2.37. The topological polar surface area (TPSA) is 117 Å². The predicted octanol–water partition coefficient (Wildman–Crippen LogP) is 6.60. The normalized spacial score (nSPS) is 19.5. The average Bonchev–Trinajstić information content (AvgIpc) is 3.24. The first kappa shape index (κ1) is 30.0. The van der Waals surface area contributed by atoms with Crippen molar-refractivity contribution in [2.75, 3.05) is 24.3 Å². The molecule has 2 aromatic carbocycles. The molecule has 0 bridgehead atoms. The number of hydrogen-bond acceptors (Lipinski definition) is 7. The lowest BCUT2D eigenvalue weighted by molar-refractivity contribution is -0.137. The Morgan fingerprint density at radius 3 is 2.45 bits per heavy atom. The molecule has 0 radical (unpaired) electrons. The molecule has 3 aromatic rings. The first-order valence-corrected chi connectivity index (χ1v) is 15.4. The summed E-state index contributed by atoms with van der Waals surface area (Å²) >= 11 is 0. The maximum absolute atomic E-state index is 14.0. The Morgan fingerprint density at radius 2 is 1.81 bits per heavy atom. The third-order valence-corrected chi connectivity index (χ3v) is 8.44. The summed E-state index contributed by atoms with van der Waals surface area (Å²) in [4.78, 5) is 31.9. The second-order valence-corrected chi connectivity index (χ2v) is 11.8. The van der Waals surface area contributed by atoms with E-state index in [2.05, 4.69) is 20.6 Å². The van der Waals surface area contributed by atoms with Crippen LogP contribution in [0.25, 0.3) is 0 Å². The molecule has 1 aliphatic carbocycles. The fourth-order valence-electron chi connectivity index (χ4n) is 5.72. The highest BCUT2D eigenvalue weighted by molar-refractivity contribution is 7.37. The third-order valence-electron chi connectivity index (χ3n) is 7.73. The van der Waals surface area contributed by atoms with Crippen LogP contribution in [-0.4, -0.2) is 45.4 Å². The fourth-order valence-corrected chi connectivity index (χ4v) is 6.31. The molecule has 1 amide bonds. The van der Waals surface area contributed by atoms with Crippen LogP contribution in [0.5, 0.6) is 0 Å². The van der Waals surface area contributed by atoms with Crippen LogP contribution >= 0.6 is 8.03 Å². The van der Waals surface area contributed by atoms with Crippen molar-refractivity contribution in [1.82, 2.24) is 14.9 Å². The first-order chi connectivity index (χ1) is 20.0. The zero-order valence-electron chi connectivity index (χ0n) is 23.3. The number of fused-ring (bicyclic) bond motifs is 1. The summed E-state index contributed by atoms with van der Waals surface area (Å²) in [6.07, 6.45) is -0.101. The second kappa shape index (κ2) is 12.4. The number of amides is 1. The number of rotatable bonds is 9. The Kier molecular flexibility index (Phi) is 8.86. The van der Waals surface area contributed by atoms with Gasteiger partial charge in [-0.3, -0.25) is 9.36 Å². The molecule has 42 heavy (non-hydrogen) atoms. The molecule has 1 aromatic heterocycles. The van der Waals surface area contributed by atoms with Gasteiger partial charge < -0.3 is 25.2 Å². The van der Waals surface area contributed by atoms with Crippen LogP contribution in [-0.2, 0) is 28.2 Å². The van der Waals surface area contributed by atoms with Gasteiger partial charge in [0.2, 0.25) is 5.95 Å². The summed E-state index contributed by atoms with van der Waals surface area (Å²) < 4.78 is 58.9. The van der Waals surface area contributed by atoms with Crippen LogP contribution in [0.2, 0.25) is 0 Å². The van der Waals surface area contributed by atoms with Gasteiger partial charge in [-0.1, -0.05) is 18.2 Å². The molecule has 0 saturated heterocycles. The van der Waals surface area contributed by atoms with Gasteiger partial charge >= 0.3 is 6.18 Å². The minimum Gasteiger partial charge on any atom is -0.379 e. The van der Waals surface area contributed by atoms with Gasteiger partial charge in [0.1, 0.15) is 11.4 Å². The van der Waals surface area contributed by atoms with Gasteiger partial charge in [0.05, 0.1) is 17.4 Å². The summed E-state index contributed by atoms with van der Waals surface area (Å²) in [5, 5.41) is 5.68. The van der Waals surface area contributed by atoms with Crippen LogP contribution in [0.3, 0.4) is 0 Å². The lowest BCUT2D eigenvalue weighted by Crippen LogP contribution is -2.21. The van der Waals surface area contributed by atoms with Crippen LogP contribution in [0.1, 0.15) is 71.1 Å². The van der Waals surface area contributed by atoms with E-state index in [9.17, 15) is 22.5 Å². The molecule has 1 atom stereocenters. The summed E-state index contributed by atoms with van der Waals surface area (Å²) in [6, 6.07) is 10.1. The minimum atomic E-state index is -4.74. The standard InChI is InChI=1S/C29H33F3N5O4P/c1-3-41-20-10-6-18(7-11-20)21-12-13-24(25-22(21)15-37(2)27(25)38)35-26-23(29(30,31)32)14-33-28(36-26)34-19-8-4-17(5-9-19)16-42(39)40/h4-5,8-9,12-14,18,20,42H,3,6-7,10-11,15-16H2,1-2H3,(H,39,40)(H2,33,34,35,36). The number of aromatic nitrogens is 2. The largest absolute Gasteiger partial charge is 0.421 e.